The van der Waals surface area contributed by atoms with Crippen molar-refractivity contribution >= 4 is 11.6 Å². The van der Waals surface area contributed by atoms with E-state index in [0.29, 0.717) is 16.9 Å². The minimum absolute atomic E-state index is 0.129. The smallest absolute Gasteiger partial charge is 0.198 e. The third kappa shape index (κ3) is 2.19. The number of carbonyl (C=O) groups excluding carboxylic acids is 1. The van der Waals surface area contributed by atoms with Crippen LogP contribution in [0.1, 0.15) is 15.9 Å². The van der Waals surface area contributed by atoms with Gasteiger partial charge in [-0.1, -0.05) is 54.6 Å². The Bertz CT molecular complexity index is 730. The molecule has 1 aromatic heterocycles. The zero-order valence-electron chi connectivity index (χ0n) is 10.7. The van der Waals surface area contributed by atoms with Crippen molar-refractivity contribution in [1.82, 2.24) is 10.2 Å². The Morgan fingerprint density at radius 1 is 0.950 bits per heavy atom. The maximum absolute atomic E-state index is 12.2. The van der Waals surface area contributed by atoms with Crippen molar-refractivity contribution in [3.05, 3.63) is 71.9 Å². The lowest BCUT2D eigenvalue weighted by atomic mass is 10.0. The summed E-state index contributed by atoms with van der Waals surface area (Å²) in [4.78, 5) is 12.2. The molecule has 0 fully saturated rings. The first-order chi connectivity index (χ1) is 9.75. The van der Waals surface area contributed by atoms with Crippen LogP contribution in [-0.2, 0) is 0 Å². The summed E-state index contributed by atoms with van der Waals surface area (Å²) in [7, 11) is 0. The van der Waals surface area contributed by atoms with E-state index in [9.17, 15) is 4.79 Å². The standard InChI is InChI=1S/C16H13N3O/c17-16-14(10-18-19-16)15(20)13-8-6-12(7-9-13)11-4-2-1-3-5-11/h1-10H,(H3,17,18,19). The van der Waals surface area contributed by atoms with E-state index in [1.54, 1.807) is 12.1 Å². The summed E-state index contributed by atoms with van der Waals surface area (Å²) in [6.07, 6.45) is 1.45. The molecule has 98 valence electrons. The first kappa shape index (κ1) is 12.2. The van der Waals surface area contributed by atoms with Gasteiger partial charge in [-0.25, -0.2) is 0 Å². The van der Waals surface area contributed by atoms with Crippen molar-refractivity contribution in [2.45, 2.75) is 0 Å². The summed E-state index contributed by atoms with van der Waals surface area (Å²) in [5.74, 6) is 0.165. The van der Waals surface area contributed by atoms with E-state index < -0.39 is 0 Å². The Morgan fingerprint density at radius 2 is 1.60 bits per heavy atom. The second-order valence-corrected chi connectivity index (χ2v) is 4.47. The molecule has 1 heterocycles. The molecule has 0 amide bonds. The van der Waals surface area contributed by atoms with Crippen LogP contribution < -0.4 is 5.73 Å². The van der Waals surface area contributed by atoms with E-state index in [-0.39, 0.29) is 5.78 Å². The number of benzene rings is 2. The molecule has 0 unspecified atom stereocenters. The van der Waals surface area contributed by atoms with E-state index in [0.717, 1.165) is 11.1 Å². The Hall–Kier alpha value is -2.88. The molecule has 2 aromatic carbocycles. The summed E-state index contributed by atoms with van der Waals surface area (Å²) >= 11 is 0. The molecule has 0 bridgehead atoms. The molecule has 3 aromatic rings. The van der Waals surface area contributed by atoms with Crippen LogP contribution in [0.4, 0.5) is 5.82 Å². The molecule has 0 atom stereocenters. The third-order valence-corrected chi connectivity index (χ3v) is 3.17. The highest BCUT2D eigenvalue weighted by molar-refractivity contribution is 6.11. The average molecular weight is 263 g/mol. The average Bonchev–Trinajstić information content (AvgIpc) is 2.94. The Morgan fingerprint density at radius 3 is 2.20 bits per heavy atom. The number of carbonyl (C=O) groups is 1. The van der Waals surface area contributed by atoms with Gasteiger partial charge in [-0.3, -0.25) is 9.89 Å². The van der Waals surface area contributed by atoms with Gasteiger partial charge in [0.1, 0.15) is 5.82 Å². The van der Waals surface area contributed by atoms with Crippen molar-refractivity contribution in [3.8, 4) is 11.1 Å². The molecule has 0 aliphatic rings. The first-order valence-electron chi connectivity index (χ1n) is 6.25. The van der Waals surface area contributed by atoms with Gasteiger partial charge in [0.15, 0.2) is 5.78 Å². The lowest BCUT2D eigenvalue weighted by Crippen LogP contribution is -2.03. The molecule has 0 spiro atoms. The van der Waals surface area contributed by atoms with Gasteiger partial charge in [0, 0.05) is 5.56 Å². The van der Waals surface area contributed by atoms with E-state index in [4.69, 9.17) is 5.73 Å². The van der Waals surface area contributed by atoms with Crippen molar-refractivity contribution in [2.75, 3.05) is 5.73 Å². The highest BCUT2D eigenvalue weighted by atomic mass is 16.1. The molecular formula is C16H13N3O. The monoisotopic (exact) mass is 263 g/mol. The topological polar surface area (TPSA) is 71.8 Å². The molecule has 20 heavy (non-hydrogen) atoms. The van der Waals surface area contributed by atoms with Crippen molar-refractivity contribution < 1.29 is 4.79 Å². The number of hydrogen-bond donors (Lipinski definition) is 2. The van der Waals surface area contributed by atoms with Gasteiger partial charge in [0.05, 0.1) is 11.8 Å². The second kappa shape index (κ2) is 5.01. The van der Waals surface area contributed by atoms with Crippen LogP contribution in [0.2, 0.25) is 0 Å². The number of ketones is 1. The number of nitrogens with zero attached hydrogens (tertiary/aromatic N) is 1. The third-order valence-electron chi connectivity index (χ3n) is 3.17. The fourth-order valence-electron chi connectivity index (χ4n) is 2.08. The number of nitrogens with two attached hydrogens (primary N) is 1. The molecule has 0 saturated heterocycles. The minimum Gasteiger partial charge on any atom is -0.383 e. The van der Waals surface area contributed by atoms with Crippen LogP contribution in [0, 0.1) is 0 Å². The normalized spacial score (nSPS) is 10.4. The molecule has 0 saturated carbocycles. The number of nitrogens with one attached hydrogen (secondary N) is 1. The number of aromatic nitrogens is 2. The second-order valence-electron chi connectivity index (χ2n) is 4.47. The molecule has 3 rings (SSSR count). The predicted octanol–water partition coefficient (Wildman–Crippen LogP) is 2.89. The maximum Gasteiger partial charge on any atom is 0.198 e. The number of anilines is 1. The van der Waals surface area contributed by atoms with Crippen molar-refractivity contribution in [1.29, 1.82) is 0 Å². The first-order valence-corrected chi connectivity index (χ1v) is 6.25. The molecule has 4 nitrogen and oxygen atoms in total. The lowest BCUT2D eigenvalue weighted by Gasteiger charge is -2.03. The molecular weight excluding hydrogens is 250 g/mol. The molecule has 4 heteroatoms. The Balaban J connectivity index is 1.91. The lowest BCUT2D eigenvalue weighted by molar-refractivity contribution is 0.103. The fraction of sp³-hybridized carbons (Fsp3) is 0. The van der Waals surface area contributed by atoms with Crippen LogP contribution >= 0.6 is 0 Å². The fourth-order valence-corrected chi connectivity index (χ4v) is 2.08. The van der Waals surface area contributed by atoms with Gasteiger partial charge < -0.3 is 5.73 Å². The van der Waals surface area contributed by atoms with E-state index in [1.165, 1.54) is 6.20 Å². The van der Waals surface area contributed by atoms with E-state index in [1.807, 2.05) is 42.5 Å². The van der Waals surface area contributed by atoms with Gasteiger partial charge >= 0.3 is 0 Å². The SMILES string of the molecule is Nc1[nH]ncc1C(=O)c1ccc(-c2ccccc2)cc1. The summed E-state index contributed by atoms with van der Waals surface area (Å²) < 4.78 is 0. The quantitative estimate of drug-likeness (QED) is 0.714. The summed E-state index contributed by atoms with van der Waals surface area (Å²) in [5.41, 5.74) is 8.85. The number of rotatable bonds is 3. The summed E-state index contributed by atoms with van der Waals surface area (Å²) in [6.45, 7) is 0. The predicted molar refractivity (Wildman–Crippen MR) is 78.3 cm³/mol. The Kier molecular flexibility index (Phi) is 3.05. The highest BCUT2D eigenvalue weighted by Gasteiger charge is 2.13. The highest BCUT2D eigenvalue weighted by Crippen LogP contribution is 2.21. The van der Waals surface area contributed by atoms with E-state index >= 15 is 0 Å². The van der Waals surface area contributed by atoms with Gasteiger partial charge in [0.2, 0.25) is 0 Å². The summed E-state index contributed by atoms with van der Waals surface area (Å²) in [5, 5.41) is 6.33. The number of H-pyrrole nitrogens is 1. The van der Waals surface area contributed by atoms with Gasteiger partial charge in [0.25, 0.3) is 0 Å². The van der Waals surface area contributed by atoms with Crippen molar-refractivity contribution in [2.24, 2.45) is 0 Å². The largest absolute Gasteiger partial charge is 0.383 e. The van der Waals surface area contributed by atoms with Crippen LogP contribution in [0.5, 0.6) is 0 Å². The maximum atomic E-state index is 12.2. The Labute approximate surface area is 116 Å². The molecule has 3 N–H and O–H groups in total. The van der Waals surface area contributed by atoms with Gasteiger partial charge in [-0.15, -0.1) is 0 Å². The molecule has 0 aliphatic heterocycles. The van der Waals surface area contributed by atoms with Gasteiger partial charge in [-0.05, 0) is 11.1 Å². The number of nitrogen functional groups attached to an aromatic ring is 1. The molecule has 0 aliphatic carbocycles. The van der Waals surface area contributed by atoms with E-state index in [2.05, 4.69) is 10.2 Å². The number of aromatic amines is 1. The van der Waals surface area contributed by atoms with Crippen LogP contribution in [-0.4, -0.2) is 16.0 Å². The summed E-state index contributed by atoms with van der Waals surface area (Å²) in [6, 6.07) is 17.5. The van der Waals surface area contributed by atoms with Crippen LogP contribution in [0.15, 0.2) is 60.8 Å². The number of hydrogen-bond acceptors (Lipinski definition) is 3. The zero-order valence-corrected chi connectivity index (χ0v) is 10.7. The van der Waals surface area contributed by atoms with Crippen LogP contribution in [0.25, 0.3) is 11.1 Å². The minimum atomic E-state index is -0.129. The van der Waals surface area contributed by atoms with Crippen LogP contribution in [0.3, 0.4) is 0 Å². The van der Waals surface area contributed by atoms with Gasteiger partial charge in [-0.2, -0.15) is 5.10 Å². The van der Waals surface area contributed by atoms with Crippen molar-refractivity contribution in [3.63, 3.8) is 0 Å². The zero-order chi connectivity index (χ0) is 13.9. The molecule has 0 radical (unpaired) electrons.